The highest BCUT2D eigenvalue weighted by molar-refractivity contribution is 6.74. The van der Waals surface area contributed by atoms with Crippen molar-refractivity contribution >= 4 is 58.2 Å². The van der Waals surface area contributed by atoms with Crippen LogP contribution in [0.1, 0.15) is 123 Å². The van der Waals surface area contributed by atoms with Crippen molar-refractivity contribution < 1.29 is 56.6 Å². The highest BCUT2D eigenvalue weighted by Crippen LogP contribution is 2.39. The van der Waals surface area contributed by atoms with E-state index in [1.54, 1.807) is 88.3 Å². The summed E-state index contributed by atoms with van der Waals surface area (Å²) in [5.41, 5.74) is -0.559. The maximum absolute atomic E-state index is 14.7. The lowest BCUT2D eigenvalue weighted by atomic mass is 9.98. The number of alkyl carbamates (subject to hydrolysis) is 1. The maximum Gasteiger partial charge on any atom is 0.408 e. The molecular weight excluding hydrogens is 945 g/mol. The van der Waals surface area contributed by atoms with E-state index in [0.29, 0.717) is 0 Å². The molecule has 18 nitrogen and oxygen atoms in total. The van der Waals surface area contributed by atoms with Crippen LogP contribution in [-0.4, -0.2) is 131 Å². The van der Waals surface area contributed by atoms with E-state index >= 15 is 0 Å². The summed E-state index contributed by atoms with van der Waals surface area (Å²) in [6.07, 6.45) is -3.38. The van der Waals surface area contributed by atoms with Gasteiger partial charge in [0.15, 0.2) is 22.7 Å². The van der Waals surface area contributed by atoms with Crippen LogP contribution in [0.2, 0.25) is 36.3 Å². The van der Waals surface area contributed by atoms with Crippen molar-refractivity contribution in [2.45, 2.75) is 221 Å². The molecule has 71 heavy (non-hydrogen) atoms. The maximum atomic E-state index is 14.7. The predicted molar refractivity (Wildman–Crippen MR) is 279 cm³/mol. The average Bonchev–Trinajstić information content (AvgIpc) is 3.49. The zero-order valence-corrected chi connectivity index (χ0v) is 48.9. The van der Waals surface area contributed by atoms with Gasteiger partial charge in [-0.1, -0.05) is 113 Å². The third-order valence-corrected chi connectivity index (χ3v) is 23.2. The second-order valence-electron chi connectivity index (χ2n) is 23.5. The van der Waals surface area contributed by atoms with Crippen molar-refractivity contribution in [3.8, 4) is 0 Å². The number of carbonyl (C=O) groups is 7. The first-order valence-corrected chi connectivity index (χ1v) is 30.8. The van der Waals surface area contributed by atoms with E-state index in [-0.39, 0.29) is 16.7 Å². The van der Waals surface area contributed by atoms with E-state index in [4.69, 9.17) is 23.1 Å². The van der Waals surface area contributed by atoms with Crippen molar-refractivity contribution in [3.05, 3.63) is 35.9 Å². The number of rotatable bonds is 22. The summed E-state index contributed by atoms with van der Waals surface area (Å²) >= 11 is 0. The Morgan fingerprint density at radius 2 is 1.04 bits per heavy atom. The Balaban J connectivity index is 2.51. The van der Waals surface area contributed by atoms with Gasteiger partial charge in [-0.15, -0.1) is 0 Å². The Hall–Kier alpha value is -4.38. The molecule has 0 radical (unpaired) electrons. The Labute approximate surface area is 426 Å². The van der Waals surface area contributed by atoms with Crippen molar-refractivity contribution in [3.63, 3.8) is 0 Å². The lowest BCUT2D eigenvalue weighted by Crippen LogP contribution is -2.65. The second kappa shape index (κ2) is 25.0. The fourth-order valence-corrected chi connectivity index (χ4v) is 10.6. The minimum absolute atomic E-state index is 0.0213. The van der Waals surface area contributed by atoms with E-state index in [9.17, 15) is 33.6 Å². The van der Waals surface area contributed by atoms with Crippen LogP contribution in [0.5, 0.6) is 0 Å². The molecule has 9 atom stereocenters. The van der Waals surface area contributed by atoms with Crippen LogP contribution in [0.15, 0.2) is 30.3 Å². The average molecular weight is 1040 g/mol. The predicted octanol–water partition coefficient (Wildman–Crippen LogP) is 6.53. The number of hydrogen-bond acceptors (Lipinski definition) is 12. The van der Waals surface area contributed by atoms with Gasteiger partial charge in [-0.25, -0.2) is 9.59 Å². The first-order chi connectivity index (χ1) is 32.3. The molecule has 1 aromatic carbocycles. The van der Waals surface area contributed by atoms with Gasteiger partial charge in [0.25, 0.3) is 0 Å². The van der Waals surface area contributed by atoms with Gasteiger partial charge in [0.2, 0.25) is 29.5 Å². The highest BCUT2D eigenvalue weighted by Gasteiger charge is 2.54. The number of esters is 1. The van der Waals surface area contributed by atoms with Crippen LogP contribution >= 0.6 is 0 Å². The quantitative estimate of drug-likeness (QED) is 0.0617. The largest absolute Gasteiger partial charge is 0.467 e. The van der Waals surface area contributed by atoms with Crippen LogP contribution in [0.25, 0.3) is 0 Å². The number of carbonyl (C=O) groups excluding carboxylic acids is 7. The molecular formula is C51H90N6O12Si2. The van der Waals surface area contributed by atoms with Crippen molar-refractivity contribution in [1.29, 1.82) is 0 Å². The van der Waals surface area contributed by atoms with Crippen molar-refractivity contribution in [2.24, 2.45) is 17.8 Å². The molecule has 0 bridgehead atoms. The smallest absolute Gasteiger partial charge is 0.408 e. The Morgan fingerprint density at radius 3 is 1.48 bits per heavy atom. The minimum Gasteiger partial charge on any atom is -0.467 e. The molecule has 20 heteroatoms. The Bertz CT molecular complexity index is 2000. The monoisotopic (exact) mass is 1030 g/mol. The van der Waals surface area contributed by atoms with Gasteiger partial charge in [0.05, 0.1) is 25.4 Å². The Kier molecular flexibility index (Phi) is 22.1. The SMILES string of the molecule is COC(=O)[C@@H](NC(=O)[C@@H](NC(=O)[C@@H](NC(=O)[C@@H](NC(=O)[C@@H]1[C@@H](C)OC(C)(C)N1C(=O)[C@@H](NC(=O)OCc1ccccc1)C(C)C)C(C)C)[C@@H](C)O[Si](C)(C)C(C)(C)C)C(C)C)[C@@H](C)O[Si](C)(C)C(C)(C)C. The van der Waals surface area contributed by atoms with Gasteiger partial charge in [0, 0.05) is 0 Å². The summed E-state index contributed by atoms with van der Waals surface area (Å²) in [7, 11) is -3.80. The second-order valence-corrected chi connectivity index (χ2v) is 33.0. The van der Waals surface area contributed by atoms with Gasteiger partial charge >= 0.3 is 12.1 Å². The molecule has 0 spiro atoms. The lowest BCUT2D eigenvalue weighted by molar-refractivity contribution is -0.153. The zero-order chi connectivity index (χ0) is 54.9. The molecule has 1 fully saturated rings. The molecule has 1 saturated heterocycles. The first-order valence-electron chi connectivity index (χ1n) is 24.9. The molecule has 6 amide bonds. The summed E-state index contributed by atoms with van der Waals surface area (Å²) in [6.45, 7) is 39.1. The summed E-state index contributed by atoms with van der Waals surface area (Å²) in [6, 6.07) is 1.70. The van der Waals surface area contributed by atoms with Gasteiger partial charge in [0.1, 0.15) is 42.5 Å². The third kappa shape index (κ3) is 16.8. The molecule has 0 unspecified atom stereocenters. The number of nitrogens with zero attached hydrogens (tertiary/aromatic N) is 1. The standard InChI is InChI=1S/C51H90N6O12Si2/c1-29(2)36(43(59)55-40(47(63)65-18)33(8)69-71(21,22)50(13,14)15)52-44(60)39(32(7)68-70(19,20)49(10,11)12)54-42(58)37(30(3)4)53-45(61)41-34(9)67-51(16,17)57(41)46(62)38(31(5)6)56-48(64)66-28-35-26-24-23-25-27-35/h23-27,29-34,36-41H,28H2,1-22H3,(H,52,60)(H,53,61)(H,54,58)(H,55,59)(H,56,64)/t32-,33-,34-,36+,37+,38+,39+,40+,41+/m1/s1. The number of benzene rings is 1. The van der Waals surface area contributed by atoms with Gasteiger partial charge < -0.3 is 49.6 Å². The molecule has 1 aliphatic heterocycles. The summed E-state index contributed by atoms with van der Waals surface area (Å²) in [5.74, 6) is -5.61. The van der Waals surface area contributed by atoms with Crippen LogP contribution in [-0.2, 0) is 58.4 Å². The number of methoxy groups -OCH3 is 1. The molecule has 0 aromatic heterocycles. The van der Waals surface area contributed by atoms with Crippen molar-refractivity contribution in [1.82, 2.24) is 31.5 Å². The van der Waals surface area contributed by atoms with Crippen LogP contribution in [0.4, 0.5) is 4.79 Å². The topological polar surface area (TPSA) is 229 Å². The summed E-state index contributed by atoms with van der Waals surface area (Å²) < 4.78 is 29.9. The molecule has 1 heterocycles. The minimum atomic E-state index is -2.61. The van der Waals surface area contributed by atoms with Gasteiger partial charge in [-0.05, 0) is 94.2 Å². The molecule has 404 valence electrons. The molecule has 0 aliphatic carbocycles. The van der Waals surface area contributed by atoms with E-state index < -0.39 is 136 Å². The molecule has 1 aliphatic rings. The van der Waals surface area contributed by atoms with Crippen LogP contribution in [0.3, 0.4) is 0 Å². The fourth-order valence-electron chi connectivity index (χ4n) is 7.76. The van der Waals surface area contributed by atoms with Crippen LogP contribution < -0.4 is 26.6 Å². The molecule has 2 rings (SSSR count). The fraction of sp³-hybridized carbons (Fsp3) is 0.745. The normalized spacial score (nSPS) is 19.4. The zero-order valence-electron chi connectivity index (χ0n) is 46.9. The number of amides is 6. The van der Waals surface area contributed by atoms with Crippen LogP contribution in [0, 0.1) is 17.8 Å². The van der Waals surface area contributed by atoms with E-state index in [1.165, 1.54) is 12.0 Å². The number of hydrogen-bond donors (Lipinski definition) is 5. The van der Waals surface area contributed by atoms with E-state index in [1.807, 2.05) is 65.2 Å². The lowest BCUT2D eigenvalue weighted by Gasteiger charge is -2.41. The molecule has 0 saturated carbocycles. The van der Waals surface area contributed by atoms with E-state index in [0.717, 1.165) is 5.56 Å². The van der Waals surface area contributed by atoms with Gasteiger partial charge in [-0.2, -0.15) is 0 Å². The summed E-state index contributed by atoms with van der Waals surface area (Å²) in [5, 5.41) is 13.5. The molecule has 5 N–H and O–H groups in total. The third-order valence-electron chi connectivity index (χ3n) is 14.0. The van der Waals surface area contributed by atoms with Crippen molar-refractivity contribution in [2.75, 3.05) is 7.11 Å². The van der Waals surface area contributed by atoms with Gasteiger partial charge in [-0.3, -0.25) is 28.9 Å². The highest BCUT2D eigenvalue weighted by atomic mass is 28.4. The first kappa shape index (κ1) is 62.7. The number of ether oxygens (including phenoxy) is 3. The number of nitrogens with one attached hydrogen (secondary N) is 5. The van der Waals surface area contributed by atoms with E-state index in [2.05, 4.69) is 47.4 Å². The Morgan fingerprint density at radius 1 is 0.634 bits per heavy atom. The summed E-state index contributed by atoms with van der Waals surface area (Å²) in [4.78, 5) is 100. The molecule has 1 aromatic rings.